The Labute approximate surface area is 113 Å². The molecule has 0 spiro atoms. The van der Waals surface area contributed by atoms with Crippen LogP contribution >= 0.6 is 0 Å². The normalized spacial score (nSPS) is 12.0. The molecule has 0 unspecified atom stereocenters. The van der Waals surface area contributed by atoms with Gasteiger partial charge in [0.25, 0.3) is 0 Å². The molecule has 6 heteroatoms. The summed E-state index contributed by atoms with van der Waals surface area (Å²) < 4.78 is 48.0. The topological polar surface area (TPSA) is 52.6 Å². The second-order valence-corrected chi connectivity index (χ2v) is 5.96. The van der Waals surface area contributed by atoms with Gasteiger partial charge in [0.1, 0.15) is 10.7 Å². The zero-order valence-corrected chi connectivity index (χ0v) is 12.0. The van der Waals surface area contributed by atoms with Gasteiger partial charge in [-0.1, -0.05) is 12.1 Å². The van der Waals surface area contributed by atoms with Gasteiger partial charge in [-0.05, 0) is 26.0 Å². The van der Waals surface area contributed by atoms with Crippen LogP contribution in [0.2, 0.25) is 0 Å². The molecule has 19 heavy (non-hydrogen) atoms. The van der Waals surface area contributed by atoms with E-state index in [4.69, 9.17) is 9.47 Å². The van der Waals surface area contributed by atoms with Crippen LogP contribution in [-0.2, 0) is 19.3 Å². The number of ether oxygens (including phenoxy) is 2. The molecule has 1 rings (SSSR count). The van der Waals surface area contributed by atoms with Crippen molar-refractivity contribution in [2.45, 2.75) is 31.5 Å². The lowest BCUT2D eigenvalue weighted by molar-refractivity contribution is -0.136. The van der Waals surface area contributed by atoms with E-state index in [1.165, 1.54) is 18.2 Å². The zero-order valence-electron chi connectivity index (χ0n) is 11.1. The summed E-state index contributed by atoms with van der Waals surface area (Å²) >= 11 is 0. The van der Waals surface area contributed by atoms with Crippen molar-refractivity contribution in [2.24, 2.45) is 0 Å². The number of hydrogen-bond donors (Lipinski definition) is 0. The highest BCUT2D eigenvalue weighted by Crippen LogP contribution is 2.17. The van der Waals surface area contributed by atoms with Crippen LogP contribution in [0.1, 0.15) is 20.3 Å². The monoisotopic (exact) mass is 290 g/mol. The molecule has 108 valence electrons. The maximum atomic E-state index is 13.5. The minimum Gasteiger partial charge on any atom is -0.353 e. The molecule has 4 nitrogen and oxygen atoms in total. The predicted molar refractivity (Wildman–Crippen MR) is 70.1 cm³/mol. The van der Waals surface area contributed by atoms with E-state index in [1.807, 2.05) is 0 Å². The Hall–Kier alpha value is -0.980. The average Bonchev–Trinajstić information content (AvgIpc) is 2.37. The molecule has 0 aromatic heterocycles. The van der Waals surface area contributed by atoms with E-state index in [1.54, 1.807) is 13.8 Å². The lowest BCUT2D eigenvalue weighted by Crippen LogP contribution is -2.22. The second-order valence-electron chi connectivity index (χ2n) is 3.88. The molecule has 0 saturated carbocycles. The highest BCUT2D eigenvalue weighted by atomic mass is 32.2. The third kappa shape index (κ3) is 4.89. The largest absolute Gasteiger partial charge is 0.353 e. The molecule has 1 aromatic rings. The number of rotatable bonds is 8. The molecule has 1 aromatic carbocycles. The van der Waals surface area contributed by atoms with Gasteiger partial charge in [-0.25, -0.2) is 12.8 Å². The molecular weight excluding hydrogens is 271 g/mol. The fourth-order valence-corrected chi connectivity index (χ4v) is 3.02. The smallest absolute Gasteiger partial charge is 0.181 e. The Morgan fingerprint density at radius 2 is 1.74 bits per heavy atom. The quantitative estimate of drug-likeness (QED) is 0.690. The van der Waals surface area contributed by atoms with Gasteiger partial charge < -0.3 is 9.47 Å². The van der Waals surface area contributed by atoms with Crippen molar-refractivity contribution in [3.63, 3.8) is 0 Å². The summed E-state index contributed by atoms with van der Waals surface area (Å²) in [5, 5.41) is 0. The molecule has 0 atom stereocenters. The van der Waals surface area contributed by atoms with Crippen molar-refractivity contribution in [3.05, 3.63) is 30.1 Å². The molecule has 0 fully saturated rings. The van der Waals surface area contributed by atoms with Crippen molar-refractivity contribution in [1.29, 1.82) is 0 Å². The summed E-state index contributed by atoms with van der Waals surface area (Å²) in [4.78, 5) is -0.276. The lowest BCUT2D eigenvalue weighted by Gasteiger charge is -2.16. The maximum Gasteiger partial charge on any atom is 0.181 e. The molecular formula is C13H19FO4S. The summed E-state index contributed by atoms with van der Waals surface area (Å²) in [6.07, 6.45) is -0.394. The number of benzene rings is 1. The molecule has 0 saturated heterocycles. The first kappa shape index (κ1) is 16.1. The Morgan fingerprint density at radius 1 is 1.16 bits per heavy atom. The van der Waals surface area contributed by atoms with Gasteiger partial charge >= 0.3 is 0 Å². The maximum absolute atomic E-state index is 13.5. The van der Waals surface area contributed by atoms with Crippen LogP contribution in [0, 0.1) is 5.82 Å². The minimum atomic E-state index is -3.66. The standard InChI is InChI=1S/C13H19FO4S/c1-3-17-13(18-4-2)9-10-19(15,16)12-8-6-5-7-11(12)14/h5-8,13H,3-4,9-10H2,1-2H3. The summed E-state index contributed by atoms with van der Waals surface area (Å²) in [6.45, 7) is 4.48. The van der Waals surface area contributed by atoms with Crippen LogP contribution < -0.4 is 0 Å². The second kappa shape index (κ2) is 7.57. The molecule has 0 N–H and O–H groups in total. The Balaban J connectivity index is 2.72. The highest BCUT2D eigenvalue weighted by Gasteiger charge is 2.21. The van der Waals surface area contributed by atoms with Gasteiger partial charge in [0.05, 0.1) is 5.75 Å². The van der Waals surface area contributed by atoms with Crippen LogP contribution in [0.4, 0.5) is 4.39 Å². The minimum absolute atomic E-state index is 0.179. The van der Waals surface area contributed by atoms with E-state index < -0.39 is 21.9 Å². The molecule has 0 heterocycles. The van der Waals surface area contributed by atoms with Gasteiger partial charge in [0.15, 0.2) is 16.1 Å². The predicted octanol–water partition coefficient (Wildman–Crippen LogP) is 2.39. The van der Waals surface area contributed by atoms with E-state index in [9.17, 15) is 12.8 Å². The van der Waals surface area contributed by atoms with Gasteiger partial charge in [-0.3, -0.25) is 0 Å². The molecule has 0 radical (unpaired) electrons. The summed E-state index contributed by atoms with van der Waals surface area (Å²) in [7, 11) is -3.66. The summed E-state index contributed by atoms with van der Waals surface area (Å²) in [5.74, 6) is -0.939. The molecule has 0 bridgehead atoms. The lowest BCUT2D eigenvalue weighted by atomic mass is 10.3. The van der Waals surface area contributed by atoms with Gasteiger partial charge in [0.2, 0.25) is 0 Å². The summed E-state index contributed by atoms with van der Waals surface area (Å²) in [5.41, 5.74) is 0. The molecule has 0 aliphatic carbocycles. The van der Waals surface area contributed by atoms with E-state index in [0.29, 0.717) is 13.2 Å². The van der Waals surface area contributed by atoms with Crippen LogP contribution in [0.15, 0.2) is 29.2 Å². The first-order valence-corrected chi connectivity index (χ1v) is 7.87. The molecule has 0 aliphatic heterocycles. The number of halogens is 1. The molecule has 0 aliphatic rings. The molecule has 0 amide bonds. The van der Waals surface area contributed by atoms with Crippen molar-refractivity contribution in [3.8, 4) is 0 Å². The Morgan fingerprint density at radius 3 is 2.26 bits per heavy atom. The average molecular weight is 290 g/mol. The van der Waals surface area contributed by atoms with Gasteiger partial charge in [0, 0.05) is 19.6 Å². The van der Waals surface area contributed by atoms with Crippen molar-refractivity contribution in [1.82, 2.24) is 0 Å². The van der Waals surface area contributed by atoms with Crippen molar-refractivity contribution < 1.29 is 22.3 Å². The van der Waals surface area contributed by atoms with Gasteiger partial charge in [-0.2, -0.15) is 0 Å². The first-order valence-electron chi connectivity index (χ1n) is 6.21. The van der Waals surface area contributed by atoms with E-state index in [-0.39, 0.29) is 17.1 Å². The van der Waals surface area contributed by atoms with Crippen molar-refractivity contribution in [2.75, 3.05) is 19.0 Å². The van der Waals surface area contributed by atoms with E-state index in [2.05, 4.69) is 0 Å². The van der Waals surface area contributed by atoms with Crippen molar-refractivity contribution >= 4 is 9.84 Å². The van der Waals surface area contributed by atoms with Crippen LogP contribution in [-0.4, -0.2) is 33.7 Å². The third-order valence-electron chi connectivity index (χ3n) is 2.50. The fraction of sp³-hybridized carbons (Fsp3) is 0.538. The van der Waals surface area contributed by atoms with Gasteiger partial charge in [-0.15, -0.1) is 0 Å². The zero-order chi connectivity index (χ0) is 14.3. The van der Waals surface area contributed by atoms with Crippen LogP contribution in [0.3, 0.4) is 0 Å². The highest BCUT2D eigenvalue weighted by molar-refractivity contribution is 7.91. The van der Waals surface area contributed by atoms with Crippen LogP contribution in [0.5, 0.6) is 0 Å². The van der Waals surface area contributed by atoms with Crippen LogP contribution in [0.25, 0.3) is 0 Å². The van der Waals surface area contributed by atoms with E-state index in [0.717, 1.165) is 6.07 Å². The Kier molecular flexibility index (Phi) is 6.41. The number of sulfone groups is 1. The number of hydrogen-bond acceptors (Lipinski definition) is 4. The third-order valence-corrected chi connectivity index (χ3v) is 4.27. The SMILES string of the molecule is CCOC(CCS(=O)(=O)c1ccccc1F)OCC. The summed E-state index contributed by atoms with van der Waals surface area (Å²) in [6, 6.07) is 5.35. The van der Waals surface area contributed by atoms with E-state index >= 15 is 0 Å². The first-order chi connectivity index (χ1) is 9.01. The fourth-order valence-electron chi connectivity index (χ4n) is 1.64. The Bertz CT molecular complexity index is 481.